The molecule has 3 aliphatic carbocycles. The van der Waals surface area contributed by atoms with Gasteiger partial charge in [-0.15, -0.1) is 0 Å². The topological polar surface area (TPSA) is 79.2 Å². The number of rotatable bonds is 6. The van der Waals surface area contributed by atoms with Crippen molar-refractivity contribution in [3.8, 4) is 6.07 Å². The van der Waals surface area contributed by atoms with Gasteiger partial charge in [0.1, 0.15) is 18.5 Å². The van der Waals surface area contributed by atoms with E-state index < -0.39 is 26.5 Å². The van der Waals surface area contributed by atoms with Crippen molar-refractivity contribution in [2.75, 3.05) is 21.0 Å². The van der Waals surface area contributed by atoms with Crippen LogP contribution in [0, 0.1) is 34.5 Å². The number of ether oxygens (including phenoxy) is 5. The van der Waals surface area contributed by atoms with Gasteiger partial charge < -0.3 is 28.1 Å². The van der Waals surface area contributed by atoms with Crippen molar-refractivity contribution in [2.24, 2.45) is 23.2 Å². The van der Waals surface area contributed by atoms with Gasteiger partial charge in [0.2, 0.25) is 0 Å². The van der Waals surface area contributed by atoms with E-state index in [1.807, 2.05) is 0 Å². The third kappa shape index (κ3) is 3.91. The molecule has 1 aliphatic heterocycles. The molecule has 4 aliphatic rings. The molecular formula is C26H45NO6Si. The summed E-state index contributed by atoms with van der Waals surface area (Å²) in [4.78, 5) is 0. The molecule has 3 saturated carbocycles. The minimum Gasteiger partial charge on any atom is -0.413 e. The van der Waals surface area contributed by atoms with Gasteiger partial charge in [-0.05, 0) is 55.7 Å². The molecule has 9 atom stereocenters. The Morgan fingerprint density at radius 1 is 1.15 bits per heavy atom. The summed E-state index contributed by atoms with van der Waals surface area (Å²) in [5, 5.41) is 10.5. The highest BCUT2D eigenvalue weighted by atomic mass is 28.4. The predicted molar refractivity (Wildman–Crippen MR) is 130 cm³/mol. The van der Waals surface area contributed by atoms with Crippen molar-refractivity contribution in [3.05, 3.63) is 0 Å². The highest BCUT2D eigenvalue weighted by molar-refractivity contribution is 6.74. The second kappa shape index (κ2) is 9.40. The largest absolute Gasteiger partial charge is 0.413 e. The summed E-state index contributed by atoms with van der Waals surface area (Å²) < 4.78 is 38.0. The Hall–Kier alpha value is -0.533. The lowest BCUT2D eigenvalue weighted by atomic mass is 9.64. The second-order valence-corrected chi connectivity index (χ2v) is 17.4. The molecule has 4 fully saturated rings. The molecule has 0 amide bonds. The standard InChI is InChI=1S/C26H45NO6Si/c1-17-14-25-12-10-9-11-18(21(25)33-34(7,8)24(2,3)4)13-19(15-27)22-26(25,20(17)30-16-28-5)32-23(29-6)31-22/h17-23H,9-14,16H2,1-8H3/t17-,18+,19-,20+,21+,22-,23+,25-,26-/m1/s1. The van der Waals surface area contributed by atoms with Crippen molar-refractivity contribution in [2.45, 2.75) is 115 Å². The molecule has 0 aromatic carbocycles. The first kappa shape index (κ1) is 26.5. The first-order valence-electron chi connectivity index (χ1n) is 13.0. The quantitative estimate of drug-likeness (QED) is 0.370. The van der Waals surface area contributed by atoms with E-state index in [2.05, 4.69) is 46.9 Å². The van der Waals surface area contributed by atoms with Crippen molar-refractivity contribution in [3.63, 3.8) is 0 Å². The third-order valence-corrected chi connectivity index (χ3v) is 14.1. The Bertz CT molecular complexity index is 780. The highest BCUT2D eigenvalue weighted by Gasteiger charge is 2.77. The molecular weight excluding hydrogens is 450 g/mol. The van der Waals surface area contributed by atoms with Gasteiger partial charge >= 0.3 is 0 Å². The number of hydrogen-bond acceptors (Lipinski definition) is 7. The Kier molecular flexibility index (Phi) is 7.34. The Labute approximate surface area is 206 Å². The van der Waals surface area contributed by atoms with E-state index >= 15 is 0 Å². The minimum absolute atomic E-state index is 0.00505. The molecule has 4 rings (SSSR count). The normalized spacial score (nSPS) is 44.6. The van der Waals surface area contributed by atoms with Crippen LogP contribution in [-0.2, 0) is 28.1 Å². The van der Waals surface area contributed by atoms with Crippen LogP contribution in [0.2, 0.25) is 18.1 Å². The van der Waals surface area contributed by atoms with Crippen LogP contribution in [0.25, 0.3) is 0 Å². The van der Waals surface area contributed by atoms with Gasteiger partial charge in [-0.25, -0.2) is 0 Å². The predicted octanol–water partition coefficient (Wildman–Crippen LogP) is 5.21. The molecule has 194 valence electrons. The maximum atomic E-state index is 10.4. The average molecular weight is 496 g/mol. The molecule has 2 bridgehead atoms. The van der Waals surface area contributed by atoms with Crippen LogP contribution in [-0.4, -0.2) is 59.7 Å². The second-order valence-electron chi connectivity index (χ2n) is 12.6. The zero-order valence-corrected chi connectivity index (χ0v) is 23.4. The van der Waals surface area contributed by atoms with Gasteiger partial charge in [0.15, 0.2) is 8.32 Å². The fraction of sp³-hybridized carbons (Fsp3) is 0.962. The van der Waals surface area contributed by atoms with E-state index in [1.165, 1.54) is 0 Å². The van der Waals surface area contributed by atoms with Crippen LogP contribution >= 0.6 is 0 Å². The molecule has 2 spiro atoms. The van der Waals surface area contributed by atoms with Crippen LogP contribution in [0.15, 0.2) is 0 Å². The van der Waals surface area contributed by atoms with Gasteiger partial charge in [-0.1, -0.05) is 40.5 Å². The Morgan fingerprint density at radius 2 is 1.88 bits per heavy atom. The van der Waals surface area contributed by atoms with Gasteiger partial charge in [0, 0.05) is 19.6 Å². The zero-order valence-electron chi connectivity index (χ0n) is 22.4. The number of nitrogens with zero attached hydrogens (tertiary/aromatic N) is 1. The molecule has 0 unspecified atom stereocenters. The summed E-state index contributed by atoms with van der Waals surface area (Å²) in [7, 11) is 1.13. The molecule has 1 saturated heterocycles. The lowest BCUT2D eigenvalue weighted by Gasteiger charge is -2.53. The van der Waals surface area contributed by atoms with Gasteiger partial charge in [0.25, 0.3) is 6.48 Å². The Morgan fingerprint density at radius 3 is 2.50 bits per heavy atom. The smallest absolute Gasteiger partial charge is 0.272 e. The zero-order chi connectivity index (χ0) is 24.9. The fourth-order valence-electron chi connectivity index (χ4n) is 7.32. The van der Waals surface area contributed by atoms with E-state index in [1.54, 1.807) is 14.2 Å². The number of hydrogen-bond donors (Lipinski definition) is 0. The molecule has 34 heavy (non-hydrogen) atoms. The van der Waals surface area contributed by atoms with Crippen molar-refractivity contribution < 1.29 is 28.1 Å². The fourth-order valence-corrected chi connectivity index (χ4v) is 8.73. The van der Waals surface area contributed by atoms with E-state index in [4.69, 9.17) is 28.1 Å². The molecule has 0 radical (unpaired) electrons. The van der Waals surface area contributed by atoms with E-state index in [0.29, 0.717) is 5.92 Å². The lowest BCUT2D eigenvalue weighted by Crippen LogP contribution is -2.64. The molecule has 8 heteroatoms. The molecule has 0 aromatic rings. The molecule has 0 N–H and O–H groups in total. The van der Waals surface area contributed by atoms with Gasteiger partial charge in [-0.3, -0.25) is 0 Å². The first-order chi connectivity index (χ1) is 16.0. The molecule has 0 aromatic heterocycles. The monoisotopic (exact) mass is 495 g/mol. The molecule has 7 nitrogen and oxygen atoms in total. The number of fused-ring (bicyclic) bond motifs is 1. The highest BCUT2D eigenvalue weighted by Crippen LogP contribution is 2.68. The van der Waals surface area contributed by atoms with Gasteiger partial charge in [-0.2, -0.15) is 5.26 Å². The van der Waals surface area contributed by atoms with E-state index in [0.717, 1.165) is 38.5 Å². The number of nitriles is 1. The minimum atomic E-state index is -2.12. The van der Waals surface area contributed by atoms with Crippen LogP contribution in [0.1, 0.15) is 66.2 Å². The van der Waals surface area contributed by atoms with Crippen LogP contribution < -0.4 is 0 Å². The number of methoxy groups -OCH3 is 2. The summed E-state index contributed by atoms with van der Waals surface area (Å²) in [6.45, 7) is 13.2. The third-order valence-electron chi connectivity index (χ3n) is 9.67. The summed E-state index contributed by atoms with van der Waals surface area (Å²) in [5.41, 5.74) is -1.14. The summed E-state index contributed by atoms with van der Waals surface area (Å²) in [5.74, 6) is 0.193. The van der Waals surface area contributed by atoms with Crippen molar-refractivity contribution in [1.29, 1.82) is 5.26 Å². The summed E-state index contributed by atoms with van der Waals surface area (Å²) in [6.07, 6.45) is 5.30. The van der Waals surface area contributed by atoms with Crippen LogP contribution in [0.4, 0.5) is 0 Å². The maximum absolute atomic E-state index is 10.4. The maximum Gasteiger partial charge on any atom is 0.272 e. The van der Waals surface area contributed by atoms with E-state index in [-0.39, 0.29) is 41.3 Å². The van der Waals surface area contributed by atoms with Crippen molar-refractivity contribution >= 4 is 8.32 Å². The summed E-state index contributed by atoms with van der Waals surface area (Å²) >= 11 is 0. The first-order valence-corrected chi connectivity index (χ1v) is 15.9. The molecule has 1 heterocycles. The Balaban J connectivity index is 1.92. The van der Waals surface area contributed by atoms with Crippen molar-refractivity contribution in [1.82, 2.24) is 0 Å². The van der Waals surface area contributed by atoms with Crippen LogP contribution in [0.3, 0.4) is 0 Å². The lowest BCUT2D eigenvalue weighted by molar-refractivity contribution is -0.277. The van der Waals surface area contributed by atoms with E-state index in [9.17, 15) is 5.26 Å². The SMILES string of the molecule is COCO[C@H]1[C@H](C)C[C@@]23CCCC[C@@H](C[C@H](C#N)[C@H]4O[C@H](OC)O[C@@]412)[C@@H]3O[Si](C)(C)C(C)(C)C. The average Bonchev–Trinajstić information content (AvgIpc) is 3.18. The van der Waals surface area contributed by atoms with Crippen LogP contribution in [0.5, 0.6) is 0 Å². The van der Waals surface area contributed by atoms with Gasteiger partial charge in [0.05, 0.1) is 24.2 Å². The summed E-state index contributed by atoms with van der Waals surface area (Å²) in [6, 6.07) is 2.61.